The van der Waals surface area contributed by atoms with Gasteiger partial charge in [-0.25, -0.2) is 0 Å². The number of nitrogens with zero attached hydrogens (tertiary/aromatic N) is 2. The van der Waals surface area contributed by atoms with E-state index in [2.05, 4.69) is 13.2 Å². The summed E-state index contributed by atoms with van der Waals surface area (Å²) < 4.78 is 12.0. The zero-order valence-electron chi connectivity index (χ0n) is 22.6. The van der Waals surface area contributed by atoms with Crippen LogP contribution in [0, 0.1) is 25.7 Å². The number of anilines is 1. The van der Waals surface area contributed by atoms with Crippen molar-refractivity contribution in [3.05, 3.63) is 54.6 Å². The van der Waals surface area contributed by atoms with Gasteiger partial charge in [0.1, 0.15) is 11.6 Å². The Balaban J connectivity index is 1.72. The Kier molecular flexibility index (Phi) is 8.73. The number of likely N-dealkylation sites (tertiary alicyclic amines) is 1. The second-order valence-corrected chi connectivity index (χ2v) is 10.6. The number of carbonyl (C=O) groups excluding carboxylic acids is 3. The average molecular weight is 525 g/mol. The highest BCUT2D eigenvalue weighted by Gasteiger charge is 2.75. The third kappa shape index (κ3) is 4.92. The molecule has 1 aromatic carbocycles. The summed E-state index contributed by atoms with van der Waals surface area (Å²) in [5.74, 6) is -2.37. The molecule has 1 aromatic rings. The van der Waals surface area contributed by atoms with Crippen molar-refractivity contribution in [3.8, 4) is 0 Å². The highest BCUT2D eigenvalue weighted by Crippen LogP contribution is 2.59. The molecule has 1 spiro atoms. The van der Waals surface area contributed by atoms with E-state index in [1.807, 2.05) is 32.0 Å². The van der Waals surface area contributed by atoms with Gasteiger partial charge in [0.2, 0.25) is 5.91 Å². The third-order valence-electron chi connectivity index (χ3n) is 8.16. The molecule has 5 atom stereocenters. The molecule has 8 nitrogen and oxygen atoms in total. The Labute approximate surface area is 225 Å². The van der Waals surface area contributed by atoms with Gasteiger partial charge in [-0.2, -0.15) is 0 Å². The lowest BCUT2D eigenvalue weighted by atomic mass is 9.70. The minimum atomic E-state index is -1.07. The highest BCUT2D eigenvalue weighted by molar-refractivity contribution is 6.05. The van der Waals surface area contributed by atoms with Crippen molar-refractivity contribution in [2.24, 2.45) is 11.8 Å². The molecule has 38 heavy (non-hydrogen) atoms. The van der Waals surface area contributed by atoms with Crippen molar-refractivity contribution in [2.75, 3.05) is 31.2 Å². The Morgan fingerprint density at radius 2 is 2.03 bits per heavy atom. The van der Waals surface area contributed by atoms with Crippen LogP contribution in [0.4, 0.5) is 5.69 Å². The quantitative estimate of drug-likeness (QED) is 0.241. The molecule has 0 aliphatic carbocycles. The predicted molar refractivity (Wildman–Crippen MR) is 144 cm³/mol. The molecule has 3 fully saturated rings. The van der Waals surface area contributed by atoms with Crippen LogP contribution in [-0.2, 0) is 23.9 Å². The largest absolute Gasteiger partial charge is 0.465 e. The van der Waals surface area contributed by atoms with Gasteiger partial charge in [-0.3, -0.25) is 14.4 Å². The number of ether oxygens (including phenoxy) is 2. The van der Waals surface area contributed by atoms with Gasteiger partial charge < -0.3 is 24.4 Å². The Morgan fingerprint density at radius 1 is 1.24 bits per heavy atom. The lowest BCUT2D eigenvalue weighted by Gasteiger charge is -2.37. The molecule has 8 heteroatoms. The van der Waals surface area contributed by atoms with Gasteiger partial charge in [-0.1, -0.05) is 24.3 Å². The maximum atomic E-state index is 14.5. The van der Waals surface area contributed by atoms with E-state index in [9.17, 15) is 19.5 Å². The van der Waals surface area contributed by atoms with Gasteiger partial charge in [0, 0.05) is 25.4 Å². The van der Waals surface area contributed by atoms with Gasteiger partial charge in [-0.05, 0) is 69.6 Å². The van der Waals surface area contributed by atoms with Crippen LogP contribution in [-0.4, -0.2) is 71.8 Å². The average Bonchev–Trinajstić information content (AvgIpc) is 3.54. The van der Waals surface area contributed by atoms with Crippen molar-refractivity contribution >= 4 is 23.5 Å². The number of hydrogen-bond acceptors (Lipinski definition) is 6. The highest BCUT2D eigenvalue weighted by atomic mass is 16.6. The van der Waals surface area contributed by atoms with E-state index in [0.29, 0.717) is 38.6 Å². The molecule has 3 saturated heterocycles. The number of amides is 2. The van der Waals surface area contributed by atoms with E-state index in [4.69, 9.17) is 9.47 Å². The first kappa shape index (κ1) is 28.0. The van der Waals surface area contributed by atoms with Crippen LogP contribution in [0.1, 0.15) is 49.7 Å². The van der Waals surface area contributed by atoms with Gasteiger partial charge in [0.05, 0.1) is 24.5 Å². The fourth-order valence-corrected chi connectivity index (χ4v) is 6.44. The predicted octanol–water partition coefficient (Wildman–Crippen LogP) is 3.48. The van der Waals surface area contributed by atoms with Gasteiger partial charge in [0.15, 0.2) is 0 Å². The van der Waals surface area contributed by atoms with E-state index < -0.39 is 35.6 Å². The third-order valence-corrected chi connectivity index (χ3v) is 8.16. The molecule has 3 aliphatic rings. The molecule has 0 saturated carbocycles. The monoisotopic (exact) mass is 524 g/mol. The topological polar surface area (TPSA) is 96.4 Å². The first-order chi connectivity index (χ1) is 18.3. The molecule has 4 rings (SSSR count). The number of unbranched alkanes of at least 4 members (excludes halogenated alkanes) is 2. The fourth-order valence-electron chi connectivity index (χ4n) is 6.44. The van der Waals surface area contributed by atoms with Crippen LogP contribution in [0.15, 0.2) is 43.5 Å². The molecule has 2 unspecified atom stereocenters. The molecular formula is C30H40N2O6. The number of esters is 1. The smallest absolute Gasteiger partial charge is 0.312 e. The summed E-state index contributed by atoms with van der Waals surface area (Å²) in [6.45, 7) is 12.4. The van der Waals surface area contributed by atoms with Crippen LogP contribution in [0.5, 0.6) is 0 Å². The maximum absolute atomic E-state index is 14.5. The number of carbonyl (C=O) groups is 3. The van der Waals surface area contributed by atoms with E-state index in [1.54, 1.807) is 22.0 Å². The summed E-state index contributed by atoms with van der Waals surface area (Å²) in [6.07, 6.45) is 6.56. The Bertz CT molecular complexity index is 1090. The number of aryl methyl sites for hydroxylation is 2. The lowest BCUT2D eigenvalue weighted by molar-refractivity contribution is -0.155. The fraction of sp³-hybridized carbons (Fsp3) is 0.567. The number of aliphatic hydroxyl groups excluding tert-OH is 1. The van der Waals surface area contributed by atoms with E-state index in [-0.39, 0.29) is 31.6 Å². The minimum Gasteiger partial charge on any atom is -0.465 e. The molecule has 2 amide bonds. The van der Waals surface area contributed by atoms with Crippen LogP contribution >= 0.6 is 0 Å². The van der Waals surface area contributed by atoms with Crippen LogP contribution in [0.2, 0.25) is 0 Å². The van der Waals surface area contributed by atoms with Crippen molar-refractivity contribution in [2.45, 2.75) is 70.1 Å². The number of rotatable bonds is 13. The van der Waals surface area contributed by atoms with Crippen molar-refractivity contribution in [1.82, 2.24) is 4.90 Å². The minimum absolute atomic E-state index is 0.0754. The number of hydrogen-bond donors (Lipinski definition) is 1. The first-order valence-electron chi connectivity index (χ1n) is 13.7. The summed E-state index contributed by atoms with van der Waals surface area (Å²) >= 11 is 0. The maximum Gasteiger partial charge on any atom is 0.312 e. The number of benzene rings is 1. The summed E-state index contributed by atoms with van der Waals surface area (Å²) in [5.41, 5.74) is 1.66. The summed E-state index contributed by atoms with van der Waals surface area (Å²) in [7, 11) is 0. The zero-order valence-corrected chi connectivity index (χ0v) is 22.6. The van der Waals surface area contributed by atoms with E-state index >= 15 is 0 Å². The standard InChI is InChI=1S/C30H40N2O6/c1-5-7-18-37-29(36)24-23-13-14-30(38-23)25(24)27(34)32(16-9-8-10-17-33)26(30)28(35)31(15-6-2)22-19-20(3)11-12-21(22)4/h5-6,11-12,19,23-26,33H,1-2,7-10,13-18H2,3-4H3/t23-,24+,25+,26?,30?/m1/s1. The second kappa shape index (κ2) is 11.8. The van der Waals surface area contributed by atoms with E-state index in [1.165, 1.54) is 0 Å². The zero-order chi connectivity index (χ0) is 27.4. The van der Waals surface area contributed by atoms with Gasteiger partial charge >= 0.3 is 5.97 Å². The molecule has 1 N–H and O–H groups in total. The lowest BCUT2D eigenvalue weighted by Crippen LogP contribution is -2.56. The van der Waals surface area contributed by atoms with Gasteiger partial charge in [0.25, 0.3) is 5.91 Å². The van der Waals surface area contributed by atoms with Crippen LogP contribution < -0.4 is 4.90 Å². The molecule has 0 radical (unpaired) electrons. The normalized spacial score (nSPS) is 27.3. The Hall–Kier alpha value is -2.97. The summed E-state index contributed by atoms with van der Waals surface area (Å²) in [4.78, 5) is 45.0. The molecule has 3 heterocycles. The molecule has 0 aromatic heterocycles. The van der Waals surface area contributed by atoms with Crippen molar-refractivity contribution < 1.29 is 29.0 Å². The summed E-state index contributed by atoms with van der Waals surface area (Å²) in [6, 6.07) is 5.10. The number of fused-ring (bicyclic) bond motifs is 1. The van der Waals surface area contributed by atoms with Gasteiger partial charge in [-0.15, -0.1) is 13.2 Å². The SMILES string of the molecule is C=CCCOC(=O)[C@@H]1[C@H]2C(=O)N(CCCCCO)C(C(=O)N(CC=C)c3cc(C)ccc3C)C23CC[C@H]1O3. The molecule has 3 aliphatic heterocycles. The Morgan fingerprint density at radius 3 is 2.74 bits per heavy atom. The second-order valence-electron chi connectivity index (χ2n) is 10.6. The molecule has 206 valence electrons. The van der Waals surface area contributed by atoms with Crippen molar-refractivity contribution in [3.63, 3.8) is 0 Å². The molecular weight excluding hydrogens is 484 g/mol. The number of aliphatic hydroxyl groups is 1. The first-order valence-corrected chi connectivity index (χ1v) is 13.7. The van der Waals surface area contributed by atoms with Crippen molar-refractivity contribution in [1.29, 1.82) is 0 Å². The molecule has 2 bridgehead atoms. The van der Waals surface area contributed by atoms with E-state index in [0.717, 1.165) is 23.2 Å². The summed E-state index contributed by atoms with van der Waals surface area (Å²) in [5, 5.41) is 9.23. The van der Waals surface area contributed by atoms with Crippen LogP contribution in [0.3, 0.4) is 0 Å². The van der Waals surface area contributed by atoms with Crippen LogP contribution in [0.25, 0.3) is 0 Å².